The molecule has 1 atom stereocenters. The standard InChI is InChI=1S/C20H23F2N3O/c1-14(16-7-3-4-8-17(16)21)24(2)20(26)23-15-9-10-19(18(22)13-15)25-11-5-6-12-25/h3-4,7-10,13-14H,5-6,11-12H2,1-2H3,(H,23,26). The fraction of sp³-hybridized carbons (Fsp3) is 0.350. The van der Waals surface area contributed by atoms with Crippen molar-refractivity contribution in [3.8, 4) is 0 Å². The molecule has 1 unspecified atom stereocenters. The molecule has 6 heteroatoms. The molecule has 0 saturated carbocycles. The molecule has 3 rings (SSSR count). The second-order valence-corrected chi connectivity index (χ2v) is 6.60. The molecular weight excluding hydrogens is 336 g/mol. The van der Waals surface area contributed by atoms with Crippen molar-refractivity contribution in [2.75, 3.05) is 30.4 Å². The van der Waals surface area contributed by atoms with Crippen LogP contribution in [0.5, 0.6) is 0 Å². The number of benzene rings is 2. The van der Waals surface area contributed by atoms with Crippen LogP contribution in [0.25, 0.3) is 0 Å². The molecule has 4 nitrogen and oxygen atoms in total. The van der Waals surface area contributed by atoms with E-state index >= 15 is 0 Å². The van der Waals surface area contributed by atoms with E-state index in [9.17, 15) is 13.6 Å². The maximum atomic E-state index is 14.4. The van der Waals surface area contributed by atoms with Crippen molar-refractivity contribution in [2.45, 2.75) is 25.8 Å². The molecule has 0 bridgehead atoms. The number of carbonyl (C=O) groups excluding carboxylic acids is 1. The summed E-state index contributed by atoms with van der Waals surface area (Å²) in [6.45, 7) is 3.45. The van der Waals surface area contributed by atoms with Crippen molar-refractivity contribution >= 4 is 17.4 Å². The lowest BCUT2D eigenvalue weighted by molar-refractivity contribution is 0.207. The van der Waals surface area contributed by atoms with Crippen LogP contribution in [-0.2, 0) is 0 Å². The molecule has 0 radical (unpaired) electrons. The Labute approximate surface area is 152 Å². The fourth-order valence-electron chi connectivity index (χ4n) is 3.21. The first-order valence-electron chi connectivity index (χ1n) is 8.80. The van der Waals surface area contributed by atoms with Crippen LogP contribution in [-0.4, -0.2) is 31.1 Å². The summed E-state index contributed by atoms with van der Waals surface area (Å²) in [7, 11) is 1.58. The maximum absolute atomic E-state index is 14.4. The molecular formula is C20H23F2N3O. The molecule has 0 spiro atoms. The first kappa shape index (κ1) is 18.2. The van der Waals surface area contributed by atoms with Crippen molar-refractivity contribution < 1.29 is 13.6 Å². The number of halogens is 2. The van der Waals surface area contributed by atoms with E-state index in [1.54, 1.807) is 44.3 Å². The predicted molar refractivity (Wildman–Crippen MR) is 99.4 cm³/mol. The van der Waals surface area contributed by atoms with Gasteiger partial charge in [-0.25, -0.2) is 13.6 Å². The number of hydrogen-bond acceptors (Lipinski definition) is 2. The minimum atomic E-state index is -0.454. The third kappa shape index (κ3) is 3.79. The Morgan fingerprint density at radius 3 is 2.46 bits per heavy atom. The Morgan fingerprint density at radius 2 is 1.81 bits per heavy atom. The van der Waals surface area contributed by atoms with Crippen molar-refractivity contribution in [2.24, 2.45) is 0 Å². The Morgan fingerprint density at radius 1 is 1.12 bits per heavy atom. The van der Waals surface area contributed by atoms with Gasteiger partial charge in [0.15, 0.2) is 0 Å². The van der Waals surface area contributed by atoms with Gasteiger partial charge in [-0.2, -0.15) is 0 Å². The van der Waals surface area contributed by atoms with Crippen LogP contribution in [0.1, 0.15) is 31.4 Å². The highest BCUT2D eigenvalue weighted by Gasteiger charge is 2.21. The Kier molecular flexibility index (Phi) is 5.40. The highest BCUT2D eigenvalue weighted by Crippen LogP contribution is 2.27. The molecule has 1 saturated heterocycles. The number of nitrogens with zero attached hydrogens (tertiary/aromatic N) is 2. The van der Waals surface area contributed by atoms with E-state index in [-0.39, 0.29) is 11.6 Å². The number of carbonyl (C=O) groups is 1. The van der Waals surface area contributed by atoms with Crippen molar-refractivity contribution in [1.29, 1.82) is 0 Å². The zero-order valence-electron chi connectivity index (χ0n) is 15.0. The van der Waals surface area contributed by atoms with Gasteiger partial charge in [0.2, 0.25) is 0 Å². The highest BCUT2D eigenvalue weighted by atomic mass is 19.1. The Bertz CT molecular complexity index is 790. The third-order valence-electron chi connectivity index (χ3n) is 4.90. The van der Waals surface area contributed by atoms with Crippen LogP contribution in [0.15, 0.2) is 42.5 Å². The van der Waals surface area contributed by atoms with E-state index in [0.29, 0.717) is 16.9 Å². The normalized spacial score (nSPS) is 15.0. The number of anilines is 2. The lowest BCUT2D eigenvalue weighted by Gasteiger charge is -2.26. The van der Waals surface area contributed by atoms with E-state index in [1.165, 1.54) is 17.0 Å². The van der Waals surface area contributed by atoms with Gasteiger partial charge < -0.3 is 15.1 Å². The van der Waals surface area contributed by atoms with E-state index in [0.717, 1.165) is 25.9 Å². The van der Waals surface area contributed by atoms with Gasteiger partial charge in [-0.1, -0.05) is 18.2 Å². The summed E-state index contributed by atoms with van der Waals surface area (Å²) in [5.74, 6) is -0.713. The number of nitrogens with one attached hydrogen (secondary N) is 1. The van der Waals surface area contributed by atoms with Gasteiger partial charge in [0.25, 0.3) is 0 Å². The molecule has 1 fully saturated rings. The summed E-state index contributed by atoms with van der Waals surface area (Å²) in [6, 6.07) is 10.2. The summed E-state index contributed by atoms with van der Waals surface area (Å²) >= 11 is 0. The van der Waals surface area contributed by atoms with Crippen LogP contribution < -0.4 is 10.2 Å². The van der Waals surface area contributed by atoms with Crippen LogP contribution in [0.3, 0.4) is 0 Å². The van der Waals surface area contributed by atoms with Gasteiger partial charge >= 0.3 is 6.03 Å². The zero-order chi connectivity index (χ0) is 18.7. The molecule has 1 heterocycles. The quantitative estimate of drug-likeness (QED) is 0.852. The van der Waals surface area contributed by atoms with Crippen LogP contribution in [0, 0.1) is 11.6 Å². The highest BCUT2D eigenvalue weighted by molar-refractivity contribution is 5.89. The second-order valence-electron chi connectivity index (χ2n) is 6.60. The van der Waals surface area contributed by atoms with Gasteiger partial charge in [-0.15, -0.1) is 0 Å². The summed E-state index contributed by atoms with van der Waals surface area (Å²) in [6.07, 6.45) is 2.13. The van der Waals surface area contributed by atoms with Crippen molar-refractivity contribution in [3.05, 3.63) is 59.7 Å². The number of hydrogen-bond donors (Lipinski definition) is 1. The van der Waals surface area contributed by atoms with Crippen LogP contribution >= 0.6 is 0 Å². The van der Waals surface area contributed by atoms with Gasteiger partial charge in [-0.05, 0) is 44.0 Å². The first-order valence-corrected chi connectivity index (χ1v) is 8.80. The Balaban J connectivity index is 1.69. The molecule has 0 aromatic heterocycles. The smallest absolute Gasteiger partial charge is 0.322 e. The minimum Gasteiger partial charge on any atom is -0.369 e. The summed E-state index contributed by atoms with van der Waals surface area (Å²) in [5, 5.41) is 2.68. The zero-order valence-corrected chi connectivity index (χ0v) is 15.0. The summed E-state index contributed by atoms with van der Waals surface area (Å²) in [4.78, 5) is 15.9. The second kappa shape index (κ2) is 7.72. The largest absolute Gasteiger partial charge is 0.369 e. The third-order valence-corrected chi connectivity index (χ3v) is 4.90. The molecule has 2 amide bonds. The average molecular weight is 359 g/mol. The molecule has 2 aromatic rings. The maximum Gasteiger partial charge on any atom is 0.322 e. The monoisotopic (exact) mass is 359 g/mol. The molecule has 2 aromatic carbocycles. The molecule has 1 aliphatic heterocycles. The molecule has 138 valence electrons. The van der Waals surface area contributed by atoms with Crippen LogP contribution in [0.2, 0.25) is 0 Å². The molecule has 0 aliphatic carbocycles. The van der Waals surface area contributed by atoms with Gasteiger partial charge in [0, 0.05) is 31.4 Å². The fourth-order valence-corrected chi connectivity index (χ4v) is 3.21. The van der Waals surface area contributed by atoms with Gasteiger partial charge in [0.05, 0.1) is 11.7 Å². The van der Waals surface area contributed by atoms with Crippen molar-refractivity contribution in [1.82, 2.24) is 4.90 Å². The summed E-state index contributed by atoms with van der Waals surface area (Å²) in [5.41, 5.74) is 1.37. The lowest BCUT2D eigenvalue weighted by Crippen LogP contribution is -2.34. The van der Waals surface area contributed by atoms with E-state index in [1.807, 2.05) is 4.90 Å². The number of amides is 2. The first-order chi connectivity index (χ1) is 12.5. The van der Waals surface area contributed by atoms with Crippen molar-refractivity contribution in [3.63, 3.8) is 0 Å². The predicted octanol–water partition coefficient (Wildman–Crippen LogP) is 4.79. The van der Waals surface area contributed by atoms with Gasteiger partial charge in [0.1, 0.15) is 11.6 Å². The molecule has 26 heavy (non-hydrogen) atoms. The topological polar surface area (TPSA) is 35.6 Å². The van der Waals surface area contributed by atoms with E-state index in [2.05, 4.69) is 5.32 Å². The molecule has 1 aliphatic rings. The van der Waals surface area contributed by atoms with E-state index < -0.39 is 12.1 Å². The Hall–Kier alpha value is -2.63. The molecule has 1 N–H and O–H groups in total. The number of rotatable bonds is 4. The lowest BCUT2D eigenvalue weighted by atomic mass is 10.1. The van der Waals surface area contributed by atoms with E-state index in [4.69, 9.17) is 0 Å². The summed E-state index contributed by atoms with van der Waals surface area (Å²) < 4.78 is 28.3. The van der Waals surface area contributed by atoms with Crippen LogP contribution in [0.4, 0.5) is 25.0 Å². The average Bonchev–Trinajstić information content (AvgIpc) is 3.15. The minimum absolute atomic E-state index is 0.352. The number of urea groups is 1. The van der Waals surface area contributed by atoms with Gasteiger partial charge in [-0.3, -0.25) is 0 Å². The SMILES string of the molecule is CC(c1ccccc1F)N(C)C(=O)Nc1ccc(N2CCCC2)c(F)c1.